The minimum absolute atomic E-state index is 0.351. The van der Waals surface area contributed by atoms with Gasteiger partial charge in [0.1, 0.15) is 0 Å². The van der Waals surface area contributed by atoms with E-state index in [4.69, 9.17) is 0 Å². The number of ether oxygens (including phenoxy) is 1. The van der Waals surface area contributed by atoms with Crippen LogP contribution in [0.4, 0.5) is 17.3 Å². The number of hydrogen-bond acceptors (Lipinski definition) is 4. The summed E-state index contributed by atoms with van der Waals surface area (Å²) in [5, 5.41) is 1.64. The minimum atomic E-state index is -6.00. The number of methoxy groups -OCH3 is 1. The number of carbonyl (C=O) groups is 1. The Balaban J connectivity index is 0.000000336. The summed E-state index contributed by atoms with van der Waals surface area (Å²) in [4.78, 5) is 10.8. The zero-order valence-electron chi connectivity index (χ0n) is 7.79. The molecule has 0 fully saturated rings. The highest BCUT2D eigenvalue weighted by Gasteiger charge is 2.20. The molecule has 0 radical (unpaired) electrons. The Morgan fingerprint density at radius 2 is 2.00 bits per heavy atom. The van der Waals surface area contributed by atoms with Gasteiger partial charge in [0.2, 0.25) is 0 Å². The summed E-state index contributed by atoms with van der Waals surface area (Å²) in [6.45, 7) is 0. The van der Waals surface area contributed by atoms with Gasteiger partial charge >= 0.3 is 18.9 Å². The Morgan fingerprint density at radius 1 is 1.53 bits per heavy atom. The summed E-state index contributed by atoms with van der Waals surface area (Å²) in [5.74, 6) is -0.351. The second kappa shape index (κ2) is 5.64. The van der Waals surface area contributed by atoms with E-state index in [0.717, 1.165) is 0 Å². The Hall–Kier alpha value is -1.19. The second-order valence-corrected chi connectivity index (χ2v) is 2.81. The first-order chi connectivity index (χ1) is 6.75. The molecule has 0 amide bonds. The maximum atomic E-state index is 10.8. The van der Waals surface area contributed by atoms with E-state index in [1.165, 1.54) is 23.3 Å². The van der Waals surface area contributed by atoms with Crippen molar-refractivity contribution >= 4 is 24.8 Å². The van der Waals surface area contributed by atoms with E-state index in [9.17, 15) is 22.1 Å². The average Bonchev–Trinajstić information content (AvgIpc) is 2.47. The molecule has 0 aliphatic heterocycles. The SMILES string of the molecule is COC(=O)c1csn[n+]1C.F[B-](F)(F)F. The molecule has 0 saturated carbocycles. The molecular formula is C5H7BF4N2O2S. The van der Waals surface area contributed by atoms with Crippen LogP contribution in [-0.2, 0) is 11.8 Å². The van der Waals surface area contributed by atoms with Gasteiger partial charge in [0.25, 0.3) is 0 Å². The van der Waals surface area contributed by atoms with Crippen molar-refractivity contribution in [3.8, 4) is 0 Å². The summed E-state index contributed by atoms with van der Waals surface area (Å²) in [5.41, 5.74) is 0.479. The number of carbonyl (C=O) groups excluding carboxylic acids is 1. The maximum Gasteiger partial charge on any atom is 0.673 e. The standard InChI is InChI=1S/C5H7N2O2S.BF4/c1-7-4(3-10-6-7)5(8)9-2;2-1(3,4)5/h3H,1-2H3;/q+1;-1. The average molecular weight is 246 g/mol. The summed E-state index contributed by atoms with van der Waals surface area (Å²) in [7, 11) is -2.96. The van der Waals surface area contributed by atoms with E-state index in [0.29, 0.717) is 5.69 Å². The monoisotopic (exact) mass is 246 g/mol. The van der Waals surface area contributed by atoms with Crippen molar-refractivity contribution in [3.63, 3.8) is 0 Å². The van der Waals surface area contributed by atoms with Gasteiger partial charge in [0.15, 0.2) is 7.05 Å². The Morgan fingerprint density at radius 3 is 2.27 bits per heavy atom. The van der Waals surface area contributed by atoms with Gasteiger partial charge in [-0.05, 0) is 0 Å². The molecule has 10 heteroatoms. The van der Waals surface area contributed by atoms with E-state index in [1.807, 2.05) is 0 Å². The predicted molar refractivity (Wildman–Crippen MR) is 44.8 cm³/mol. The first-order valence-corrected chi connectivity index (χ1v) is 4.35. The van der Waals surface area contributed by atoms with Crippen molar-refractivity contribution < 1.29 is 31.5 Å². The van der Waals surface area contributed by atoms with Crippen LogP contribution in [0.25, 0.3) is 0 Å². The van der Waals surface area contributed by atoms with Gasteiger partial charge in [-0.3, -0.25) is 0 Å². The van der Waals surface area contributed by atoms with Crippen LogP contribution in [0.1, 0.15) is 10.5 Å². The van der Waals surface area contributed by atoms with Gasteiger partial charge in [0.05, 0.1) is 17.0 Å². The van der Waals surface area contributed by atoms with Crippen molar-refractivity contribution in [3.05, 3.63) is 11.1 Å². The number of rotatable bonds is 1. The highest BCUT2D eigenvalue weighted by molar-refractivity contribution is 7.03. The second-order valence-electron chi connectivity index (χ2n) is 2.20. The molecule has 0 saturated heterocycles. The molecule has 1 heterocycles. The van der Waals surface area contributed by atoms with Crippen LogP contribution in [0, 0.1) is 0 Å². The molecule has 0 aromatic carbocycles. The maximum absolute atomic E-state index is 10.8. The molecule has 1 aromatic heterocycles. The molecule has 0 atom stereocenters. The Kier molecular flexibility index (Phi) is 5.19. The van der Waals surface area contributed by atoms with Crippen molar-refractivity contribution in [1.82, 2.24) is 4.49 Å². The van der Waals surface area contributed by atoms with Crippen molar-refractivity contribution in [2.24, 2.45) is 7.05 Å². The molecule has 0 spiro atoms. The lowest BCUT2D eigenvalue weighted by Gasteiger charge is -1.94. The van der Waals surface area contributed by atoms with Gasteiger partial charge in [-0.2, -0.15) is 0 Å². The predicted octanol–water partition coefficient (Wildman–Crippen LogP) is 1.05. The highest BCUT2D eigenvalue weighted by Crippen LogP contribution is 2.06. The van der Waals surface area contributed by atoms with Crippen molar-refractivity contribution in [2.75, 3.05) is 7.11 Å². The van der Waals surface area contributed by atoms with Crippen molar-refractivity contribution in [2.45, 2.75) is 0 Å². The van der Waals surface area contributed by atoms with Crippen molar-refractivity contribution in [1.29, 1.82) is 0 Å². The molecule has 0 unspecified atom stereocenters. The van der Waals surface area contributed by atoms with Crippen LogP contribution in [0.5, 0.6) is 0 Å². The van der Waals surface area contributed by atoms with Gasteiger partial charge in [-0.1, -0.05) is 4.68 Å². The highest BCUT2D eigenvalue weighted by atomic mass is 32.1. The third kappa shape index (κ3) is 6.83. The van der Waals surface area contributed by atoms with Gasteiger partial charge < -0.3 is 22.0 Å². The fraction of sp³-hybridized carbons (Fsp3) is 0.400. The Bertz CT molecular complexity index is 323. The number of aryl methyl sites for hydroxylation is 1. The van der Waals surface area contributed by atoms with Gasteiger partial charge in [-0.25, -0.2) is 4.79 Å². The quantitative estimate of drug-likeness (QED) is 0.322. The fourth-order valence-corrected chi connectivity index (χ4v) is 1.17. The van der Waals surface area contributed by atoms with Crippen LogP contribution in [-0.4, -0.2) is 24.8 Å². The third-order valence-electron chi connectivity index (χ3n) is 1.08. The van der Waals surface area contributed by atoms with E-state index in [1.54, 1.807) is 12.4 Å². The van der Waals surface area contributed by atoms with Crippen LogP contribution in [0.15, 0.2) is 5.38 Å². The molecule has 0 bridgehead atoms. The molecule has 0 aliphatic carbocycles. The van der Waals surface area contributed by atoms with E-state index in [2.05, 4.69) is 9.23 Å². The first kappa shape index (κ1) is 13.8. The number of aromatic nitrogens is 2. The lowest BCUT2D eigenvalue weighted by atomic mass is 10.3. The fourth-order valence-electron chi connectivity index (χ4n) is 0.549. The molecule has 15 heavy (non-hydrogen) atoms. The first-order valence-electron chi connectivity index (χ1n) is 3.52. The third-order valence-corrected chi connectivity index (χ3v) is 1.75. The lowest BCUT2D eigenvalue weighted by Crippen LogP contribution is -2.36. The van der Waals surface area contributed by atoms with Crippen LogP contribution >= 0.6 is 11.5 Å². The zero-order chi connectivity index (χ0) is 12.1. The van der Waals surface area contributed by atoms with Gasteiger partial charge in [-0.15, -0.1) is 0 Å². The van der Waals surface area contributed by atoms with Crippen LogP contribution in [0.3, 0.4) is 0 Å². The van der Waals surface area contributed by atoms with Crippen LogP contribution in [0.2, 0.25) is 0 Å². The number of nitrogens with zero attached hydrogens (tertiary/aromatic N) is 2. The molecule has 4 nitrogen and oxygen atoms in total. The zero-order valence-corrected chi connectivity index (χ0v) is 8.60. The van der Waals surface area contributed by atoms with E-state index >= 15 is 0 Å². The topological polar surface area (TPSA) is 43.1 Å². The molecule has 0 N–H and O–H groups in total. The molecule has 86 valence electrons. The molecule has 1 rings (SSSR count). The molecule has 0 aliphatic rings. The molecule has 1 aromatic rings. The smallest absolute Gasteiger partial charge is 0.461 e. The summed E-state index contributed by atoms with van der Waals surface area (Å²) in [6, 6.07) is 0. The largest absolute Gasteiger partial charge is 0.673 e. The lowest BCUT2D eigenvalue weighted by molar-refractivity contribution is -0.725. The number of hydrogen-bond donors (Lipinski definition) is 0. The summed E-state index contributed by atoms with van der Waals surface area (Å²) >= 11 is 1.22. The normalized spacial score (nSPS) is 10.3. The molecular weight excluding hydrogens is 239 g/mol. The number of halogens is 4. The van der Waals surface area contributed by atoms with E-state index in [-0.39, 0.29) is 5.97 Å². The van der Waals surface area contributed by atoms with Gasteiger partial charge in [0, 0.05) is 11.5 Å². The van der Waals surface area contributed by atoms with Crippen LogP contribution < -0.4 is 4.68 Å². The Labute approximate surface area is 86.7 Å². The number of esters is 1. The summed E-state index contributed by atoms with van der Waals surface area (Å²) in [6.07, 6.45) is 0. The summed E-state index contributed by atoms with van der Waals surface area (Å²) < 4.78 is 48.8. The van der Waals surface area contributed by atoms with E-state index < -0.39 is 7.25 Å². The minimum Gasteiger partial charge on any atom is -0.461 e.